The predicted molar refractivity (Wildman–Crippen MR) is 119 cm³/mol. The number of benzene rings is 2. The van der Waals surface area contributed by atoms with Crippen molar-refractivity contribution >= 4 is 17.7 Å². The van der Waals surface area contributed by atoms with Crippen LogP contribution in [0.3, 0.4) is 0 Å². The Morgan fingerprint density at radius 3 is 2.88 bits per heavy atom. The molecule has 3 heterocycles. The van der Waals surface area contributed by atoms with Crippen molar-refractivity contribution < 1.29 is 37.8 Å². The number of piperidine rings is 1. The molecule has 5 rings (SSSR count). The lowest BCUT2D eigenvalue weighted by molar-refractivity contribution is -0.136. The number of nitrogens with one attached hydrogen (secondary N) is 1. The number of carbonyl (C=O) groups is 3. The highest BCUT2D eigenvalue weighted by molar-refractivity contribution is 6.05. The molecule has 2 saturated heterocycles. The summed E-state index contributed by atoms with van der Waals surface area (Å²) in [6, 6.07) is 1.04. The van der Waals surface area contributed by atoms with E-state index in [4.69, 9.17) is 19.1 Å². The van der Waals surface area contributed by atoms with Crippen LogP contribution >= 0.6 is 0 Å². The van der Waals surface area contributed by atoms with Crippen LogP contribution < -0.4 is 10.1 Å². The molecule has 0 saturated carbocycles. The number of carbonyl (C=O) groups excluding carboxylic acids is 3. The van der Waals surface area contributed by atoms with Crippen molar-refractivity contribution in [3.8, 4) is 5.75 Å². The number of amides is 3. The summed E-state index contributed by atoms with van der Waals surface area (Å²) in [5.41, 5.74) is 0.196. The Kier molecular flexibility index (Phi) is 4.36. The molecule has 1 N–H and O–H groups in total. The van der Waals surface area contributed by atoms with Gasteiger partial charge in [0.25, 0.3) is 5.91 Å². The molecule has 2 aromatic carbocycles. The second kappa shape index (κ2) is 9.52. The minimum atomic E-state index is -3.10. The fourth-order valence-corrected chi connectivity index (χ4v) is 4.09. The normalized spacial score (nSPS) is 26.9. The van der Waals surface area contributed by atoms with Crippen molar-refractivity contribution in [3.05, 3.63) is 64.4 Å². The van der Waals surface area contributed by atoms with E-state index in [9.17, 15) is 14.4 Å². The van der Waals surface area contributed by atoms with Gasteiger partial charge in [-0.05, 0) is 36.2 Å². The molecule has 2 fully saturated rings. The summed E-state index contributed by atoms with van der Waals surface area (Å²) in [6.07, 6.45) is -6.15. The van der Waals surface area contributed by atoms with E-state index in [2.05, 4.69) is 0 Å². The molecule has 1 atom stereocenters. The maximum Gasteiger partial charge on any atom is 0.255 e. The lowest BCUT2D eigenvalue weighted by Gasteiger charge is -2.29. The molecule has 178 valence electrons. The van der Waals surface area contributed by atoms with Gasteiger partial charge in [-0.25, -0.2) is 4.39 Å². The standard InChI is InChI=1S/C25H26FN3O5/c26-20-5-4-16(13-28-8-10-33-11-9-28)12-17(20)15-34-22-3-1-2-18-19(22)14-29(25(18)32)21-6-7-23(30)27-24(21)31/h1-5,12,21H,6-11,13-15H2,(H,27,30,31)/i4D,5D,6D2,7D2,12D. The van der Waals surface area contributed by atoms with Gasteiger partial charge in [0.15, 0.2) is 0 Å². The van der Waals surface area contributed by atoms with Crippen LogP contribution in [0.5, 0.6) is 5.75 Å². The average Bonchev–Trinajstić information content (AvgIpc) is 3.26. The van der Waals surface area contributed by atoms with E-state index >= 15 is 4.39 Å². The van der Waals surface area contributed by atoms with Gasteiger partial charge in [0.1, 0.15) is 24.2 Å². The number of nitrogens with zero attached hydrogens (tertiary/aromatic N) is 2. The summed E-state index contributed by atoms with van der Waals surface area (Å²) in [4.78, 5) is 40.6. The number of imide groups is 1. The van der Waals surface area contributed by atoms with Gasteiger partial charge >= 0.3 is 0 Å². The molecule has 34 heavy (non-hydrogen) atoms. The van der Waals surface area contributed by atoms with Crippen molar-refractivity contribution in [2.45, 2.75) is 38.5 Å². The molecule has 1 unspecified atom stereocenters. The van der Waals surface area contributed by atoms with Crippen molar-refractivity contribution in [1.82, 2.24) is 15.1 Å². The third kappa shape index (κ3) is 4.53. The monoisotopic (exact) mass is 474 g/mol. The smallest absolute Gasteiger partial charge is 0.255 e. The minimum absolute atomic E-state index is 0.0471. The number of morpholine rings is 1. The van der Waals surface area contributed by atoms with Gasteiger partial charge in [0, 0.05) is 48.2 Å². The Hall–Kier alpha value is -3.30. The van der Waals surface area contributed by atoms with E-state index < -0.39 is 55.0 Å². The van der Waals surface area contributed by atoms with E-state index in [1.54, 1.807) is 5.32 Å². The second-order valence-electron chi connectivity index (χ2n) is 8.03. The summed E-state index contributed by atoms with van der Waals surface area (Å²) in [5.74, 6) is -4.39. The summed E-state index contributed by atoms with van der Waals surface area (Å²) >= 11 is 0. The van der Waals surface area contributed by atoms with Crippen molar-refractivity contribution in [3.63, 3.8) is 0 Å². The predicted octanol–water partition coefficient (Wildman–Crippen LogP) is 2.00. The van der Waals surface area contributed by atoms with Gasteiger partial charge in [0.05, 0.1) is 23.9 Å². The van der Waals surface area contributed by atoms with Crippen molar-refractivity contribution in [1.29, 1.82) is 0 Å². The Bertz CT molecular complexity index is 1450. The zero-order valence-electron chi connectivity index (χ0n) is 25.1. The van der Waals surface area contributed by atoms with Crippen molar-refractivity contribution in [2.24, 2.45) is 0 Å². The Balaban J connectivity index is 1.42. The maximum atomic E-state index is 15.1. The number of rotatable bonds is 6. The van der Waals surface area contributed by atoms with Gasteiger partial charge in [-0.1, -0.05) is 12.1 Å². The van der Waals surface area contributed by atoms with E-state index in [0.717, 1.165) is 4.90 Å². The molecule has 3 aliphatic rings. The van der Waals surface area contributed by atoms with E-state index in [0.29, 0.717) is 26.3 Å². The average molecular weight is 475 g/mol. The van der Waals surface area contributed by atoms with Crippen LogP contribution in [0.2, 0.25) is 0 Å². The number of hydrogen-bond donors (Lipinski definition) is 1. The fraction of sp³-hybridized carbons (Fsp3) is 0.400. The lowest BCUT2D eigenvalue weighted by atomic mass is 10.0. The SMILES string of the molecule is [2H]c1c([2H])c(CN2CCOCC2)c([2H])c(COc2cccc3c2CN(C2C(=O)NC(=O)C([2H])([2H])C2([2H])[2H])C3=O)c1F. The quantitative estimate of drug-likeness (QED) is 0.645. The first-order valence-corrected chi connectivity index (χ1v) is 10.8. The highest BCUT2D eigenvalue weighted by Crippen LogP contribution is 2.34. The second-order valence-corrected chi connectivity index (χ2v) is 8.03. The summed E-state index contributed by atoms with van der Waals surface area (Å²) in [5, 5.41) is 1.79. The maximum absolute atomic E-state index is 15.1. The van der Waals surface area contributed by atoms with Crippen LogP contribution in [-0.2, 0) is 34.0 Å². The van der Waals surface area contributed by atoms with E-state index in [-0.39, 0.29) is 53.2 Å². The Morgan fingerprint density at radius 1 is 1.24 bits per heavy atom. The number of ether oxygens (including phenoxy) is 2. The van der Waals surface area contributed by atoms with Crippen LogP contribution in [0.1, 0.15) is 49.4 Å². The molecule has 0 bridgehead atoms. The largest absolute Gasteiger partial charge is 0.488 e. The number of hydrogen-bond acceptors (Lipinski definition) is 6. The molecule has 0 spiro atoms. The first kappa shape index (κ1) is 15.6. The summed E-state index contributed by atoms with van der Waals surface area (Å²) in [6.45, 7) is 1.35. The summed E-state index contributed by atoms with van der Waals surface area (Å²) in [7, 11) is 0. The minimum Gasteiger partial charge on any atom is -0.488 e. The summed E-state index contributed by atoms with van der Waals surface area (Å²) < 4.78 is 83.4. The molecule has 8 nitrogen and oxygen atoms in total. The van der Waals surface area contributed by atoms with E-state index in [1.807, 2.05) is 4.90 Å². The van der Waals surface area contributed by atoms with E-state index in [1.165, 1.54) is 18.2 Å². The highest BCUT2D eigenvalue weighted by Gasteiger charge is 2.40. The molecular formula is C25H26FN3O5. The molecule has 0 aliphatic carbocycles. The zero-order chi connectivity index (χ0) is 29.9. The molecule has 2 aromatic rings. The molecule has 0 aromatic heterocycles. The third-order valence-electron chi connectivity index (χ3n) is 5.82. The molecular weight excluding hydrogens is 441 g/mol. The molecule has 3 aliphatic heterocycles. The van der Waals surface area contributed by atoms with Crippen LogP contribution in [0.25, 0.3) is 0 Å². The number of fused-ring (bicyclic) bond motifs is 1. The zero-order valence-corrected chi connectivity index (χ0v) is 18.1. The number of halogens is 1. The van der Waals surface area contributed by atoms with Gasteiger partial charge in [0.2, 0.25) is 11.8 Å². The van der Waals surface area contributed by atoms with Gasteiger partial charge in [-0.2, -0.15) is 0 Å². The molecule has 9 heteroatoms. The van der Waals surface area contributed by atoms with Crippen molar-refractivity contribution in [2.75, 3.05) is 26.3 Å². The highest BCUT2D eigenvalue weighted by atomic mass is 19.1. The molecule has 0 radical (unpaired) electrons. The Morgan fingerprint density at radius 2 is 2.06 bits per heavy atom. The third-order valence-corrected chi connectivity index (χ3v) is 5.82. The molecule has 3 amide bonds. The first-order chi connectivity index (χ1) is 19.3. The first-order valence-electron chi connectivity index (χ1n) is 14.3. The van der Waals surface area contributed by atoms with Gasteiger partial charge in [-0.3, -0.25) is 24.6 Å². The van der Waals surface area contributed by atoms with Crippen LogP contribution in [0, 0.1) is 5.82 Å². The lowest BCUT2D eigenvalue weighted by Crippen LogP contribution is -2.52. The van der Waals surface area contributed by atoms with Crippen LogP contribution in [-0.4, -0.2) is 59.9 Å². The van der Waals surface area contributed by atoms with Crippen LogP contribution in [0.4, 0.5) is 4.39 Å². The van der Waals surface area contributed by atoms with Gasteiger partial charge < -0.3 is 14.4 Å². The fourth-order valence-electron chi connectivity index (χ4n) is 4.09. The Labute approximate surface area is 206 Å². The van der Waals surface area contributed by atoms with Crippen LogP contribution in [0.15, 0.2) is 36.3 Å². The topological polar surface area (TPSA) is 88.2 Å². The van der Waals surface area contributed by atoms with Gasteiger partial charge in [-0.15, -0.1) is 0 Å².